The molecule has 0 fully saturated rings. The molecule has 2 rings (SSSR count). The second-order valence-electron chi connectivity index (χ2n) is 4.13. The number of ether oxygens (including phenoxy) is 1. The average molecular weight is 253 g/mol. The van der Waals surface area contributed by atoms with Crippen molar-refractivity contribution in [1.29, 1.82) is 5.26 Å². The van der Waals surface area contributed by atoms with Crippen LogP contribution in [0.5, 0.6) is 0 Å². The standard InChI is InChI=1S/C15H15N3O/c1-19-11-13-5-2-4-12(8-13)10-17-15-7-3-6-14(9-16)18-15/h2-8H,10-11H2,1H3,(H,17,18). The van der Waals surface area contributed by atoms with Crippen LogP contribution in [0.1, 0.15) is 16.8 Å². The summed E-state index contributed by atoms with van der Waals surface area (Å²) < 4.78 is 5.11. The second-order valence-corrected chi connectivity index (χ2v) is 4.13. The van der Waals surface area contributed by atoms with Gasteiger partial charge in [0.2, 0.25) is 0 Å². The van der Waals surface area contributed by atoms with E-state index in [4.69, 9.17) is 10.00 Å². The Morgan fingerprint density at radius 1 is 1.21 bits per heavy atom. The van der Waals surface area contributed by atoms with Crippen LogP contribution in [0.2, 0.25) is 0 Å². The lowest BCUT2D eigenvalue weighted by Gasteiger charge is -2.07. The molecule has 4 heteroatoms. The first kappa shape index (κ1) is 13.1. The summed E-state index contributed by atoms with van der Waals surface area (Å²) >= 11 is 0. The fraction of sp³-hybridized carbons (Fsp3) is 0.200. The highest BCUT2D eigenvalue weighted by Gasteiger charge is 1.99. The van der Waals surface area contributed by atoms with Crippen molar-refractivity contribution < 1.29 is 4.74 Å². The number of nitrogens with zero attached hydrogens (tertiary/aromatic N) is 2. The normalized spacial score (nSPS) is 9.89. The van der Waals surface area contributed by atoms with E-state index in [9.17, 15) is 0 Å². The van der Waals surface area contributed by atoms with Gasteiger partial charge in [0, 0.05) is 13.7 Å². The average Bonchev–Trinajstić information content (AvgIpc) is 2.46. The van der Waals surface area contributed by atoms with E-state index in [1.54, 1.807) is 13.2 Å². The highest BCUT2D eigenvalue weighted by atomic mass is 16.5. The molecule has 96 valence electrons. The van der Waals surface area contributed by atoms with Crippen LogP contribution in [0.3, 0.4) is 0 Å². The van der Waals surface area contributed by atoms with Crippen LogP contribution in [0.25, 0.3) is 0 Å². The number of methoxy groups -OCH3 is 1. The molecular weight excluding hydrogens is 238 g/mol. The zero-order chi connectivity index (χ0) is 13.5. The van der Waals surface area contributed by atoms with Crippen molar-refractivity contribution in [2.45, 2.75) is 13.2 Å². The molecule has 1 aromatic heterocycles. The van der Waals surface area contributed by atoms with Crippen molar-refractivity contribution in [2.24, 2.45) is 0 Å². The first-order valence-corrected chi connectivity index (χ1v) is 5.99. The van der Waals surface area contributed by atoms with Crippen LogP contribution in [-0.2, 0) is 17.9 Å². The molecule has 0 spiro atoms. The molecule has 0 atom stereocenters. The van der Waals surface area contributed by atoms with Gasteiger partial charge in [-0.1, -0.05) is 30.3 Å². The molecule has 0 bridgehead atoms. The Kier molecular flexibility index (Phi) is 4.49. The number of rotatable bonds is 5. The number of hydrogen-bond acceptors (Lipinski definition) is 4. The van der Waals surface area contributed by atoms with Gasteiger partial charge in [0.05, 0.1) is 6.61 Å². The number of hydrogen-bond donors (Lipinski definition) is 1. The minimum Gasteiger partial charge on any atom is -0.380 e. The number of nitrogens with one attached hydrogen (secondary N) is 1. The van der Waals surface area contributed by atoms with Gasteiger partial charge in [-0.05, 0) is 23.3 Å². The van der Waals surface area contributed by atoms with Crippen molar-refractivity contribution in [1.82, 2.24) is 4.98 Å². The van der Waals surface area contributed by atoms with Crippen molar-refractivity contribution >= 4 is 5.82 Å². The maximum atomic E-state index is 8.79. The van der Waals surface area contributed by atoms with Crippen molar-refractivity contribution in [2.75, 3.05) is 12.4 Å². The van der Waals surface area contributed by atoms with Crippen molar-refractivity contribution in [3.8, 4) is 6.07 Å². The molecular formula is C15H15N3O. The minimum absolute atomic E-state index is 0.415. The minimum atomic E-state index is 0.415. The lowest BCUT2D eigenvalue weighted by Crippen LogP contribution is -2.02. The van der Waals surface area contributed by atoms with Crippen LogP contribution in [-0.4, -0.2) is 12.1 Å². The van der Waals surface area contributed by atoms with Gasteiger partial charge < -0.3 is 10.1 Å². The van der Waals surface area contributed by atoms with Crippen molar-refractivity contribution in [3.05, 3.63) is 59.3 Å². The number of benzene rings is 1. The molecule has 0 unspecified atom stereocenters. The third kappa shape index (κ3) is 3.80. The van der Waals surface area contributed by atoms with Gasteiger partial charge >= 0.3 is 0 Å². The van der Waals surface area contributed by atoms with Gasteiger partial charge in [-0.25, -0.2) is 4.98 Å². The maximum Gasteiger partial charge on any atom is 0.142 e. The summed E-state index contributed by atoms with van der Waals surface area (Å²) in [6.45, 7) is 1.27. The first-order chi connectivity index (χ1) is 9.31. The van der Waals surface area contributed by atoms with Gasteiger partial charge in [0.1, 0.15) is 17.6 Å². The molecule has 0 amide bonds. The van der Waals surface area contributed by atoms with Gasteiger partial charge in [-0.3, -0.25) is 0 Å². The van der Waals surface area contributed by atoms with Gasteiger partial charge in [0.15, 0.2) is 0 Å². The molecule has 0 aliphatic rings. The molecule has 0 aliphatic heterocycles. The van der Waals surface area contributed by atoms with E-state index in [2.05, 4.69) is 16.4 Å². The summed E-state index contributed by atoms with van der Waals surface area (Å²) in [6, 6.07) is 15.5. The highest BCUT2D eigenvalue weighted by Crippen LogP contribution is 2.10. The van der Waals surface area contributed by atoms with Crippen LogP contribution in [0.15, 0.2) is 42.5 Å². The Labute approximate surface area is 112 Å². The van der Waals surface area contributed by atoms with Crippen LogP contribution < -0.4 is 5.32 Å². The SMILES string of the molecule is COCc1cccc(CNc2cccc(C#N)n2)c1. The molecule has 4 nitrogen and oxygen atoms in total. The van der Waals surface area contributed by atoms with E-state index >= 15 is 0 Å². The predicted octanol–water partition coefficient (Wildman–Crippen LogP) is 2.71. The molecule has 2 aromatic rings. The molecule has 1 heterocycles. The van der Waals surface area contributed by atoms with Gasteiger partial charge in [-0.15, -0.1) is 0 Å². The first-order valence-electron chi connectivity index (χ1n) is 5.99. The van der Waals surface area contributed by atoms with E-state index < -0.39 is 0 Å². The van der Waals surface area contributed by atoms with Gasteiger partial charge in [-0.2, -0.15) is 5.26 Å². The third-order valence-electron chi connectivity index (χ3n) is 2.64. The van der Waals surface area contributed by atoms with Crippen molar-refractivity contribution in [3.63, 3.8) is 0 Å². The lowest BCUT2D eigenvalue weighted by molar-refractivity contribution is 0.185. The summed E-state index contributed by atoms with van der Waals surface area (Å²) in [5, 5.41) is 12.0. The summed E-state index contributed by atoms with van der Waals surface area (Å²) in [5.41, 5.74) is 2.71. The topological polar surface area (TPSA) is 57.9 Å². The second kappa shape index (κ2) is 6.53. The largest absolute Gasteiger partial charge is 0.380 e. The van der Waals surface area contributed by atoms with Crippen LogP contribution in [0.4, 0.5) is 5.82 Å². The fourth-order valence-electron chi connectivity index (χ4n) is 1.78. The summed E-state index contributed by atoms with van der Waals surface area (Å²) in [7, 11) is 1.68. The van der Waals surface area contributed by atoms with E-state index in [0.717, 1.165) is 11.1 Å². The third-order valence-corrected chi connectivity index (χ3v) is 2.64. The molecule has 0 saturated heterocycles. The van der Waals surface area contributed by atoms with Crippen LogP contribution in [0, 0.1) is 11.3 Å². The predicted molar refractivity (Wildman–Crippen MR) is 73.4 cm³/mol. The lowest BCUT2D eigenvalue weighted by atomic mass is 10.1. The smallest absolute Gasteiger partial charge is 0.142 e. The Morgan fingerprint density at radius 2 is 2.00 bits per heavy atom. The highest BCUT2D eigenvalue weighted by molar-refractivity contribution is 5.39. The Bertz CT molecular complexity index is 590. The monoisotopic (exact) mass is 253 g/mol. The zero-order valence-corrected chi connectivity index (χ0v) is 10.8. The Hall–Kier alpha value is -2.38. The van der Waals surface area contributed by atoms with E-state index in [0.29, 0.717) is 24.7 Å². The van der Waals surface area contributed by atoms with E-state index in [-0.39, 0.29) is 0 Å². The summed E-state index contributed by atoms with van der Waals surface area (Å²) in [4.78, 5) is 4.17. The molecule has 19 heavy (non-hydrogen) atoms. The molecule has 0 radical (unpaired) electrons. The van der Waals surface area contributed by atoms with Crippen LogP contribution >= 0.6 is 0 Å². The van der Waals surface area contributed by atoms with Gasteiger partial charge in [0.25, 0.3) is 0 Å². The fourth-order valence-corrected chi connectivity index (χ4v) is 1.78. The molecule has 1 aromatic carbocycles. The Morgan fingerprint density at radius 3 is 2.79 bits per heavy atom. The summed E-state index contributed by atoms with van der Waals surface area (Å²) in [6.07, 6.45) is 0. The number of aromatic nitrogens is 1. The number of nitriles is 1. The number of anilines is 1. The number of pyridine rings is 1. The maximum absolute atomic E-state index is 8.79. The Balaban J connectivity index is 2.01. The van der Waals surface area contributed by atoms with E-state index in [1.165, 1.54) is 0 Å². The molecule has 1 N–H and O–H groups in total. The molecule has 0 aliphatic carbocycles. The molecule has 0 saturated carbocycles. The zero-order valence-electron chi connectivity index (χ0n) is 10.8. The van der Waals surface area contributed by atoms with E-state index in [1.807, 2.05) is 36.4 Å². The quantitative estimate of drug-likeness (QED) is 0.890. The summed E-state index contributed by atoms with van der Waals surface area (Å²) in [5.74, 6) is 0.705.